The summed E-state index contributed by atoms with van der Waals surface area (Å²) in [5.41, 5.74) is 6.65. The number of hydrogen-bond donors (Lipinski definition) is 4. The van der Waals surface area contributed by atoms with Gasteiger partial charge in [-0.1, -0.05) is 70.1 Å². The molecule has 4 rings (SSSR count). The Kier molecular flexibility index (Phi) is 21.5. The number of ketones is 1. The molecule has 0 radical (unpaired) electrons. The lowest BCUT2D eigenvalue weighted by atomic mass is 9.93. The normalized spacial score (nSPS) is 13.5. The molecule has 402 valence electrons. The van der Waals surface area contributed by atoms with Crippen LogP contribution in [0.3, 0.4) is 0 Å². The van der Waals surface area contributed by atoms with Crippen LogP contribution < -0.4 is 26.4 Å². The fraction of sp³-hybridized carbons (Fsp3) is 0.472. The number of thioether (sulfide) groups is 1. The molecule has 0 saturated heterocycles. The Bertz CT molecular complexity index is 2760. The predicted octanol–water partition coefficient (Wildman–Crippen LogP) is 9.39. The molecule has 75 heavy (non-hydrogen) atoms. The Labute approximate surface area is 446 Å². The molecule has 0 aliphatic heterocycles. The minimum atomic E-state index is -1.29. The van der Waals surface area contributed by atoms with Crippen molar-refractivity contribution in [2.24, 2.45) is 17.8 Å². The third-order valence-electron chi connectivity index (χ3n) is 10.6. The van der Waals surface area contributed by atoms with Gasteiger partial charge in [-0.15, -0.1) is 0 Å². The van der Waals surface area contributed by atoms with Gasteiger partial charge in [-0.3, -0.25) is 14.4 Å². The molecule has 0 spiro atoms. The Morgan fingerprint density at radius 2 is 1.39 bits per heavy atom. The number of nitrogens with two attached hydrogens (primary N) is 1. The molecule has 0 bridgehead atoms. The first-order valence-corrected chi connectivity index (χ1v) is 25.3. The van der Waals surface area contributed by atoms with Crippen LogP contribution in [0, 0.1) is 35.7 Å². The van der Waals surface area contributed by atoms with Gasteiger partial charge in [0, 0.05) is 28.3 Å². The highest BCUT2D eigenvalue weighted by Crippen LogP contribution is 2.42. The number of ether oxygens (including phenoxy) is 5. The van der Waals surface area contributed by atoms with Gasteiger partial charge < -0.3 is 49.8 Å². The lowest BCUT2D eigenvalue weighted by Crippen LogP contribution is -2.54. The number of esters is 2. The second kappa shape index (κ2) is 26.7. The smallest absolute Gasteiger partial charge is 0.408 e. The van der Waals surface area contributed by atoms with Crippen molar-refractivity contribution in [1.29, 1.82) is 5.26 Å². The highest BCUT2D eigenvalue weighted by atomic mass is 35.5. The fourth-order valence-corrected chi connectivity index (χ4v) is 7.92. The molecular formula is C53H65ClN8O12S. The van der Waals surface area contributed by atoms with E-state index in [-0.39, 0.29) is 51.5 Å². The van der Waals surface area contributed by atoms with E-state index in [0.29, 0.717) is 22.2 Å². The van der Waals surface area contributed by atoms with Crippen LogP contribution in [0.15, 0.2) is 64.2 Å². The molecular weight excluding hydrogens is 1010 g/mol. The summed E-state index contributed by atoms with van der Waals surface area (Å²) in [7, 11) is 0. The molecule has 2 heterocycles. The number of nitriles is 1. The Hall–Kier alpha value is -7.36. The molecule has 22 heteroatoms. The van der Waals surface area contributed by atoms with E-state index in [1.165, 1.54) is 31.9 Å². The summed E-state index contributed by atoms with van der Waals surface area (Å²) in [6.45, 7) is 26.8. The van der Waals surface area contributed by atoms with Gasteiger partial charge in [-0.25, -0.2) is 29.2 Å². The van der Waals surface area contributed by atoms with Crippen LogP contribution in [-0.2, 0) is 43.9 Å². The number of pyridine rings is 1. The molecule has 5 N–H and O–H groups in total. The van der Waals surface area contributed by atoms with E-state index < -0.39 is 96.3 Å². The van der Waals surface area contributed by atoms with Crippen LogP contribution >= 0.6 is 23.4 Å². The zero-order valence-electron chi connectivity index (χ0n) is 44.1. The van der Waals surface area contributed by atoms with Crippen molar-refractivity contribution in [3.8, 4) is 34.4 Å². The number of carbonyl (C=O) groups is 6. The number of carbonyl (C=O) groups excluding carboxylic acids is 6. The zero-order valence-corrected chi connectivity index (χ0v) is 45.7. The maximum absolute atomic E-state index is 13.6. The summed E-state index contributed by atoms with van der Waals surface area (Å²) < 4.78 is 33.7. The molecule has 0 aliphatic carbocycles. The molecule has 0 aliphatic rings. The minimum Gasteiger partial charge on any atom is -0.490 e. The van der Waals surface area contributed by atoms with Crippen molar-refractivity contribution in [3.05, 3.63) is 82.5 Å². The molecule has 20 nitrogen and oxygen atoms in total. The van der Waals surface area contributed by atoms with Gasteiger partial charge in [0.05, 0.1) is 29.8 Å². The number of alkyl carbamates (subject to hydrolysis) is 2. The van der Waals surface area contributed by atoms with Crippen molar-refractivity contribution in [2.75, 3.05) is 18.9 Å². The molecule has 0 fully saturated rings. The van der Waals surface area contributed by atoms with Gasteiger partial charge in [0.25, 0.3) is 0 Å². The van der Waals surface area contributed by atoms with Crippen molar-refractivity contribution >= 4 is 70.7 Å². The summed E-state index contributed by atoms with van der Waals surface area (Å²) in [5.74, 6) is -3.88. The van der Waals surface area contributed by atoms with Gasteiger partial charge in [0.2, 0.25) is 17.5 Å². The number of amides is 3. The van der Waals surface area contributed by atoms with Crippen LogP contribution in [0.5, 0.6) is 5.75 Å². The Morgan fingerprint density at radius 3 is 1.93 bits per heavy atom. The standard InChI is InChI=1S/C53H65ClN8O12S/c1-28(2)41(60-50(67)73-52(7,8)9)39(63)22-30(5)48(65)71-26-37(72-49(66)31(6)58-45(64)42(29(3)4)61-51(68)74-53(10,11)12)25-69-36-20-16-32(17-21-36)40-38(23-55)47(62-44(56)43(40)57-13)75-27-35-24-70-46(59-35)33-14-18-34(54)19-15-33/h14-21,24,28-31,37,41-42H,22,25-27H2,1-12H3,(H2,56,62)(H,58,64)(H,60,67)(H,61,68)/t30-,31+,37+,41+,42+/m1/s1. The number of nitrogen functional groups attached to an aromatic ring is 1. The first-order chi connectivity index (χ1) is 35.1. The number of nitrogens with zero attached hydrogens (tertiary/aromatic N) is 4. The maximum Gasteiger partial charge on any atom is 0.408 e. The number of benzene rings is 2. The van der Waals surface area contributed by atoms with Crippen molar-refractivity contribution < 1.29 is 56.9 Å². The van der Waals surface area contributed by atoms with Gasteiger partial charge in [0.15, 0.2) is 11.9 Å². The zero-order chi connectivity index (χ0) is 55.9. The van der Waals surface area contributed by atoms with Gasteiger partial charge in [-0.2, -0.15) is 5.26 Å². The largest absolute Gasteiger partial charge is 0.490 e. The highest BCUT2D eigenvalue weighted by molar-refractivity contribution is 7.98. The predicted molar refractivity (Wildman–Crippen MR) is 280 cm³/mol. The third kappa shape index (κ3) is 18.5. The monoisotopic (exact) mass is 1070 g/mol. The summed E-state index contributed by atoms with van der Waals surface area (Å²) in [6, 6.07) is 12.1. The van der Waals surface area contributed by atoms with Crippen LogP contribution in [0.2, 0.25) is 5.02 Å². The number of Topliss-reactive ketones (excluding diaryl/α,β-unsaturated/α-hetero) is 1. The molecule has 0 saturated carbocycles. The van der Waals surface area contributed by atoms with Gasteiger partial charge in [-0.05, 0) is 102 Å². The number of oxazole rings is 1. The van der Waals surface area contributed by atoms with Crippen LogP contribution in [0.25, 0.3) is 27.4 Å². The van der Waals surface area contributed by atoms with Gasteiger partial charge in [0.1, 0.15) is 65.4 Å². The number of hydrogen-bond acceptors (Lipinski definition) is 17. The molecule has 5 atom stereocenters. The molecule has 2 aromatic heterocycles. The van der Waals surface area contributed by atoms with E-state index in [9.17, 15) is 34.0 Å². The first kappa shape index (κ1) is 60.2. The summed E-state index contributed by atoms with van der Waals surface area (Å²) in [6.07, 6.45) is -1.71. The SMILES string of the molecule is [C-]#[N+]c1c(N)nc(SCc2coc(-c3ccc(Cl)cc3)n2)c(C#N)c1-c1ccc(OC[C@@H](COC(=O)[C@H](C)CC(=O)[C@@H](NC(=O)OC(C)(C)C)C(C)C)OC(=O)[C@H](C)NC(=O)[C@@H](NC(=O)OC(C)(C)C)C(C)C)cc1. The van der Waals surface area contributed by atoms with Crippen LogP contribution in [-0.4, -0.2) is 94.4 Å². The number of anilines is 1. The topological polar surface area (TPSA) is 278 Å². The quantitative estimate of drug-likeness (QED) is 0.0247. The molecule has 4 aromatic rings. The van der Waals surface area contributed by atoms with Crippen LogP contribution in [0.4, 0.5) is 21.1 Å². The number of rotatable bonds is 22. The van der Waals surface area contributed by atoms with E-state index in [1.807, 2.05) is 0 Å². The van der Waals surface area contributed by atoms with Gasteiger partial charge >= 0.3 is 24.1 Å². The number of nitrogens with one attached hydrogen (secondary N) is 3. The summed E-state index contributed by atoms with van der Waals surface area (Å²) >= 11 is 7.21. The fourth-order valence-electron chi connectivity index (χ4n) is 6.92. The number of halogens is 1. The minimum absolute atomic E-state index is 0.0404. The Balaban J connectivity index is 1.53. The molecule has 3 amide bonds. The number of aromatic nitrogens is 2. The van der Waals surface area contributed by atoms with Crippen LogP contribution in [0.1, 0.15) is 101 Å². The second-order valence-electron chi connectivity index (χ2n) is 20.1. The summed E-state index contributed by atoms with van der Waals surface area (Å²) in [5, 5.41) is 18.9. The molecule has 0 unspecified atom stereocenters. The lowest BCUT2D eigenvalue weighted by molar-refractivity contribution is -0.164. The van der Waals surface area contributed by atoms with E-state index >= 15 is 0 Å². The first-order valence-electron chi connectivity index (χ1n) is 24.0. The average molecular weight is 1070 g/mol. The van der Waals surface area contributed by atoms with Crippen molar-refractivity contribution in [1.82, 2.24) is 25.9 Å². The molecule has 2 aromatic carbocycles. The van der Waals surface area contributed by atoms with E-state index in [2.05, 4.69) is 36.8 Å². The highest BCUT2D eigenvalue weighted by Gasteiger charge is 2.33. The Morgan fingerprint density at radius 1 is 0.813 bits per heavy atom. The second-order valence-corrected chi connectivity index (χ2v) is 21.5. The lowest BCUT2D eigenvalue weighted by Gasteiger charge is -2.26. The summed E-state index contributed by atoms with van der Waals surface area (Å²) in [4.78, 5) is 91.4. The maximum atomic E-state index is 13.6. The van der Waals surface area contributed by atoms with Crippen molar-refractivity contribution in [2.45, 2.75) is 136 Å². The van der Waals surface area contributed by atoms with Crippen molar-refractivity contribution in [3.63, 3.8) is 0 Å². The van der Waals surface area contributed by atoms with E-state index in [4.69, 9.17) is 52.0 Å². The van der Waals surface area contributed by atoms with E-state index in [0.717, 1.165) is 5.56 Å². The average Bonchev–Trinajstić information content (AvgIpc) is 3.80. The van der Waals surface area contributed by atoms with E-state index in [1.54, 1.807) is 118 Å². The third-order valence-corrected chi connectivity index (χ3v) is 11.9.